The van der Waals surface area contributed by atoms with Crippen molar-refractivity contribution in [2.45, 2.75) is 19.4 Å². The van der Waals surface area contributed by atoms with Crippen LogP contribution < -0.4 is 11.2 Å². The molecular formula is C17H16BrClN4O3. The van der Waals surface area contributed by atoms with E-state index in [1.54, 1.807) is 16.7 Å². The monoisotopic (exact) mass is 438 g/mol. The molecule has 3 rings (SSSR count). The van der Waals surface area contributed by atoms with Crippen LogP contribution in [0, 0.1) is 0 Å². The van der Waals surface area contributed by atoms with Crippen LogP contribution in [0.1, 0.15) is 23.2 Å². The standard InChI is InChI=1S/C17H16BrClN4O3/c1-21-14-13(15(25)22(2)17(21)26)23(16(19)20-14)9-3-4-12(24)10-5-7-11(18)8-6-10/h5-8H,3-4,9H2,1-2H3. The Morgan fingerprint density at radius 2 is 1.81 bits per heavy atom. The van der Waals surface area contributed by atoms with Gasteiger partial charge in [-0.1, -0.05) is 28.1 Å². The number of fused-ring (bicyclic) bond motifs is 1. The van der Waals surface area contributed by atoms with E-state index in [0.717, 1.165) is 9.04 Å². The molecule has 0 amide bonds. The Morgan fingerprint density at radius 3 is 2.46 bits per heavy atom. The molecule has 7 nitrogen and oxygen atoms in total. The number of halogens is 2. The lowest BCUT2D eigenvalue weighted by Gasteiger charge is -2.07. The number of hydrogen-bond donors (Lipinski definition) is 0. The average molecular weight is 440 g/mol. The highest BCUT2D eigenvalue weighted by atomic mass is 79.9. The Morgan fingerprint density at radius 1 is 1.15 bits per heavy atom. The number of aryl methyl sites for hydroxylation is 2. The molecule has 0 fully saturated rings. The maximum absolute atomic E-state index is 12.4. The Labute approximate surface area is 162 Å². The largest absolute Gasteiger partial charge is 0.332 e. The lowest BCUT2D eigenvalue weighted by atomic mass is 10.1. The van der Waals surface area contributed by atoms with E-state index in [0.29, 0.717) is 24.9 Å². The van der Waals surface area contributed by atoms with Gasteiger partial charge in [-0.05, 0) is 30.2 Å². The molecule has 3 aromatic rings. The highest BCUT2D eigenvalue weighted by Gasteiger charge is 2.18. The van der Waals surface area contributed by atoms with E-state index in [-0.39, 0.29) is 22.2 Å². The first-order valence-electron chi connectivity index (χ1n) is 7.91. The van der Waals surface area contributed by atoms with Crippen molar-refractivity contribution in [1.82, 2.24) is 18.7 Å². The maximum atomic E-state index is 12.4. The number of carbonyl (C=O) groups excluding carboxylic acids is 1. The molecule has 9 heteroatoms. The van der Waals surface area contributed by atoms with Gasteiger partial charge in [0.1, 0.15) is 0 Å². The first-order valence-corrected chi connectivity index (χ1v) is 9.09. The van der Waals surface area contributed by atoms with E-state index in [4.69, 9.17) is 11.6 Å². The van der Waals surface area contributed by atoms with Gasteiger partial charge in [-0.2, -0.15) is 4.98 Å². The van der Waals surface area contributed by atoms with E-state index in [9.17, 15) is 14.4 Å². The minimum Gasteiger partial charge on any atom is -0.309 e. The van der Waals surface area contributed by atoms with Gasteiger partial charge < -0.3 is 4.57 Å². The van der Waals surface area contributed by atoms with Crippen molar-refractivity contribution in [2.24, 2.45) is 14.1 Å². The molecule has 136 valence electrons. The number of benzene rings is 1. The van der Waals surface area contributed by atoms with Crippen molar-refractivity contribution >= 4 is 44.5 Å². The number of ketones is 1. The summed E-state index contributed by atoms with van der Waals surface area (Å²) in [6.45, 7) is 0.352. The summed E-state index contributed by atoms with van der Waals surface area (Å²) in [7, 11) is 2.95. The van der Waals surface area contributed by atoms with Crippen molar-refractivity contribution in [3.8, 4) is 0 Å². The molecule has 0 radical (unpaired) electrons. The molecule has 26 heavy (non-hydrogen) atoms. The molecular weight excluding hydrogens is 424 g/mol. The van der Waals surface area contributed by atoms with Gasteiger partial charge in [0.05, 0.1) is 0 Å². The summed E-state index contributed by atoms with van der Waals surface area (Å²) in [5.74, 6) is 0.0124. The van der Waals surface area contributed by atoms with Gasteiger partial charge in [0.15, 0.2) is 16.9 Å². The molecule has 0 aliphatic rings. The van der Waals surface area contributed by atoms with Crippen molar-refractivity contribution in [3.05, 3.63) is 60.4 Å². The van der Waals surface area contributed by atoms with Crippen LogP contribution in [0.4, 0.5) is 0 Å². The zero-order chi connectivity index (χ0) is 19.0. The third kappa shape index (κ3) is 3.26. The molecule has 0 unspecified atom stereocenters. The molecule has 0 saturated carbocycles. The van der Waals surface area contributed by atoms with Gasteiger partial charge in [-0.25, -0.2) is 4.79 Å². The number of Topliss-reactive ketones (excluding diaryl/α,β-unsaturated/α-hetero) is 1. The van der Waals surface area contributed by atoms with E-state index in [1.165, 1.54) is 18.7 Å². The topological polar surface area (TPSA) is 78.9 Å². The molecule has 2 aromatic heterocycles. The van der Waals surface area contributed by atoms with Gasteiger partial charge in [0.25, 0.3) is 5.56 Å². The fraction of sp³-hybridized carbons (Fsp3) is 0.294. The van der Waals surface area contributed by atoms with Crippen molar-refractivity contribution < 1.29 is 4.79 Å². The Hall–Kier alpha value is -2.19. The van der Waals surface area contributed by atoms with Crippen LogP contribution in [0.25, 0.3) is 11.2 Å². The zero-order valence-corrected chi connectivity index (χ0v) is 16.5. The molecule has 0 atom stereocenters. The number of hydrogen-bond acceptors (Lipinski definition) is 4. The summed E-state index contributed by atoms with van der Waals surface area (Å²) in [6, 6.07) is 7.16. The molecule has 0 spiro atoms. The van der Waals surface area contributed by atoms with Crippen LogP contribution in [0.2, 0.25) is 5.28 Å². The first-order chi connectivity index (χ1) is 12.3. The van der Waals surface area contributed by atoms with E-state index < -0.39 is 11.2 Å². The van der Waals surface area contributed by atoms with E-state index in [1.807, 2.05) is 12.1 Å². The SMILES string of the molecule is Cn1c(=O)c2c(nc(Cl)n2CCCC(=O)c2ccc(Br)cc2)n(C)c1=O. The van der Waals surface area contributed by atoms with Crippen LogP contribution in [0.5, 0.6) is 0 Å². The first kappa shape index (κ1) is 18.6. The summed E-state index contributed by atoms with van der Waals surface area (Å²) >= 11 is 9.50. The zero-order valence-electron chi connectivity index (χ0n) is 14.2. The fourth-order valence-corrected chi connectivity index (χ4v) is 3.32. The van der Waals surface area contributed by atoms with Crippen LogP contribution >= 0.6 is 27.5 Å². The Balaban J connectivity index is 1.85. The average Bonchev–Trinajstić information content (AvgIpc) is 2.95. The summed E-state index contributed by atoms with van der Waals surface area (Å²) in [5, 5.41) is 0.120. The smallest absolute Gasteiger partial charge is 0.309 e. The van der Waals surface area contributed by atoms with Crippen LogP contribution in [-0.2, 0) is 20.6 Å². The highest BCUT2D eigenvalue weighted by molar-refractivity contribution is 9.10. The third-order valence-electron chi connectivity index (χ3n) is 4.25. The van der Waals surface area contributed by atoms with Gasteiger partial charge in [-0.3, -0.25) is 18.7 Å². The quantitative estimate of drug-likeness (QED) is 0.452. The van der Waals surface area contributed by atoms with Crippen LogP contribution in [-0.4, -0.2) is 24.5 Å². The van der Waals surface area contributed by atoms with Crippen molar-refractivity contribution in [3.63, 3.8) is 0 Å². The van der Waals surface area contributed by atoms with Crippen molar-refractivity contribution in [2.75, 3.05) is 0 Å². The second kappa shape index (κ2) is 7.20. The van der Waals surface area contributed by atoms with Gasteiger partial charge in [0.2, 0.25) is 5.28 Å². The molecule has 1 aromatic carbocycles. The number of rotatable bonds is 5. The van der Waals surface area contributed by atoms with Crippen LogP contribution in [0.15, 0.2) is 38.3 Å². The normalized spacial score (nSPS) is 11.2. The van der Waals surface area contributed by atoms with Gasteiger partial charge >= 0.3 is 5.69 Å². The number of nitrogens with zero attached hydrogens (tertiary/aromatic N) is 4. The lowest BCUT2D eigenvalue weighted by Crippen LogP contribution is -2.37. The van der Waals surface area contributed by atoms with Gasteiger partial charge in [-0.15, -0.1) is 0 Å². The molecule has 0 saturated heterocycles. The van der Waals surface area contributed by atoms with E-state index >= 15 is 0 Å². The van der Waals surface area contributed by atoms with Gasteiger partial charge in [0, 0.05) is 37.1 Å². The van der Waals surface area contributed by atoms with Crippen molar-refractivity contribution in [1.29, 1.82) is 0 Å². The Kier molecular flexibility index (Phi) is 5.15. The number of aromatic nitrogens is 4. The molecule has 0 aliphatic heterocycles. The highest BCUT2D eigenvalue weighted by Crippen LogP contribution is 2.17. The maximum Gasteiger partial charge on any atom is 0.332 e. The predicted octanol–water partition coefficient (Wildman–Crippen LogP) is 2.51. The lowest BCUT2D eigenvalue weighted by molar-refractivity contribution is 0.0978. The van der Waals surface area contributed by atoms with E-state index in [2.05, 4.69) is 20.9 Å². The second-order valence-corrected chi connectivity index (χ2v) is 7.20. The molecule has 0 N–H and O–H groups in total. The minimum absolute atomic E-state index is 0.0124. The molecule has 0 aliphatic carbocycles. The van der Waals surface area contributed by atoms with Crippen LogP contribution in [0.3, 0.4) is 0 Å². The third-order valence-corrected chi connectivity index (χ3v) is 5.07. The number of imidazole rings is 1. The fourth-order valence-electron chi connectivity index (χ4n) is 2.80. The second-order valence-electron chi connectivity index (χ2n) is 5.94. The molecule has 0 bridgehead atoms. The summed E-state index contributed by atoms with van der Waals surface area (Å²) in [6.07, 6.45) is 0.801. The summed E-state index contributed by atoms with van der Waals surface area (Å²) in [4.78, 5) is 40.8. The predicted molar refractivity (Wildman–Crippen MR) is 103 cm³/mol. The summed E-state index contributed by atoms with van der Waals surface area (Å²) < 4.78 is 4.76. The number of carbonyl (C=O) groups is 1. The minimum atomic E-state index is -0.464. The Bertz CT molecular complexity index is 1110. The summed E-state index contributed by atoms with van der Waals surface area (Å²) in [5.41, 5.74) is 0.210. The molecule has 2 heterocycles.